The van der Waals surface area contributed by atoms with Crippen molar-refractivity contribution in [3.8, 4) is 5.75 Å². The van der Waals surface area contributed by atoms with Crippen LogP contribution in [0.5, 0.6) is 5.75 Å². The smallest absolute Gasteiger partial charge is 0.249 e. The van der Waals surface area contributed by atoms with Gasteiger partial charge in [-0.1, -0.05) is 17.7 Å². The third-order valence-electron chi connectivity index (χ3n) is 7.33. The second-order valence-electron chi connectivity index (χ2n) is 9.44. The fourth-order valence-electron chi connectivity index (χ4n) is 5.13. The highest BCUT2D eigenvalue weighted by molar-refractivity contribution is 6.32. The molecule has 0 aliphatic carbocycles. The summed E-state index contributed by atoms with van der Waals surface area (Å²) in [4.78, 5) is 23.9. The van der Waals surface area contributed by atoms with E-state index in [1.807, 2.05) is 48.1 Å². The molecule has 1 fully saturated rings. The zero-order valence-electron chi connectivity index (χ0n) is 20.5. The van der Waals surface area contributed by atoms with Crippen LogP contribution in [0.15, 0.2) is 48.8 Å². The number of nitrogens with zero attached hydrogens (tertiary/aromatic N) is 3. The zero-order valence-corrected chi connectivity index (χ0v) is 21.2. The van der Waals surface area contributed by atoms with Crippen molar-refractivity contribution in [3.05, 3.63) is 65.1 Å². The van der Waals surface area contributed by atoms with Crippen molar-refractivity contribution < 1.29 is 19.8 Å². The molecular weight excluding hydrogens is 480 g/mol. The number of aromatic nitrogens is 2. The van der Waals surface area contributed by atoms with E-state index < -0.39 is 17.4 Å². The van der Waals surface area contributed by atoms with Crippen molar-refractivity contribution in [3.63, 3.8) is 0 Å². The van der Waals surface area contributed by atoms with Gasteiger partial charge in [0.15, 0.2) is 0 Å². The van der Waals surface area contributed by atoms with Crippen LogP contribution in [0.25, 0.3) is 10.9 Å². The van der Waals surface area contributed by atoms with Crippen LogP contribution in [0.1, 0.15) is 49.5 Å². The molecule has 4 rings (SSSR count). The number of aliphatic hydroxyl groups is 1. The molecule has 0 spiro atoms. The van der Waals surface area contributed by atoms with Gasteiger partial charge in [-0.05, 0) is 88.5 Å². The average molecular weight is 513 g/mol. The summed E-state index contributed by atoms with van der Waals surface area (Å²) >= 11 is 6.46. The number of rotatable bonds is 10. The third kappa shape index (κ3) is 5.95. The number of carbonyl (C=O) groups is 1. The van der Waals surface area contributed by atoms with E-state index in [-0.39, 0.29) is 0 Å². The van der Waals surface area contributed by atoms with Crippen molar-refractivity contribution in [1.29, 1.82) is 0 Å². The monoisotopic (exact) mass is 512 g/mol. The van der Waals surface area contributed by atoms with Gasteiger partial charge in [0.1, 0.15) is 5.75 Å². The molecule has 0 saturated carbocycles. The Bertz CT molecular complexity index is 1170. The van der Waals surface area contributed by atoms with E-state index in [1.165, 1.54) is 6.20 Å². The third-order valence-corrected chi connectivity index (χ3v) is 7.63. The molecule has 1 aliphatic rings. The van der Waals surface area contributed by atoms with E-state index in [2.05, 4.69) is 14.9 Å². The van der Waals surface area contributed by atoms with Gasteiger partial charge in [0.25, 0.3) is 0 Å². The van der Waals surface area contributed by atoms with Crippen molar-refractivity contribution >= 4 is 28.4 Å². The highest BCUT2D eigenvalue weighted by atomic mass is 35.5. The number of aliphatic hydroxyl groups excluding tert-OH is 1. The quantitative estimate of drug-likeness (QED) is 0.274. The molecule has 1 aromatic carbocycles. The van der Waals surface area contributed by atoms with Crippen molar-refractivity contribution in [2.24, 2.45) is 5.41 Å². The molecule has 3 heterocycles. The van der Waals surface area contributed by atoms with Crippen molar-refractivity contribution in [2.45, 2.75) is 44.6 Å². The Labute approximate surface area is 216 Å². The molecule has 2 aromatic heterocycles. The Morgan fingerprint density at radius 1 is 1.25 bits per heavy atom. The number of carbonyl (C=O) groups excluding carboxylic acids is 1. The number of hydroxylamine groups is 1. The van der Waals surface area contributed by atoms with Gasteiger partial charge in [0.2, 0.25) is 5.91 Å². The number of hydrogen-bond donors (Lipinski definition) is 3. The number of benzene rings is 1. The number of likely N-dealkylation sites (tertiary alicyclic amines) is 1. The minimum absolute atomic E-state index is 0.323. The van der Waals surface area contributed by atoms with Crippen molar-refractivity contribution in [1.82, 2.24) is 20.3 Å². The standard InChI is InChI=1S/C27H33ClN4O4/c1-36-20-7-8-23-21(17-20)25(22(28)18-30-23)24(33)9-10-27(26(34)31-35)11-15-32(16-12-27)14-4-6-19-5-2-3-13-29-19/h2-3,5,7-8,13,17-18,24,33,35H,4,6,9-12,14-16H2,1H3,(H,31,34). The second kappa shape index (κ2) is 12.0. The number of fused-ring (bicyclic) bond motifs is 1. The molecule has 8 nitrogen and oxygen atoms in total. The van der Waals surface area contributed by atoms with Crippen LogP contribution >= 0.6 is 11.6 Å². The second-order valence-corrected chi connectivity index (χ2v) is 9.85. The normalized spacial score (nSPS) is 16.6. The van der Waals surface area contributed by atoms with Crippen LogP contribution in [0.2, 0.25) is 5.02 Å². The number of methoxy groups -OCH3 is 1. The largest absolute Gasteiger partial charge is 0.497 e. The Morgan fingerprint density at radius 3 is 2.75 bits per heavy atom. The predicted molar refractivity (Wildman–Crippen MR) is 138 cm³/mol. The minimum atomic E-state index is -0.894. The lowest BCUT2D eigenvalue weighted by molar-refractivity contribution is -0.143. The van der Waals surface area contributed by atoms with Gasteiger partial charge in [-0.25, -0.2) is 5.48 Å². The molecule has 1 saturated heterocycles. The molecule has 0 radical (unpaired) electrons. The van der Waals surface area contributed by atoms with Crippen LogP contribution in [-0.2, 0) is 11.2 Å². The Balaban J connectivity index is 1.40. The first-order chi connectivity index (χ1) is 17.5. The summed E-state index contributed by atoms with van der Waals surface area (Å²) in [5, 5.41) is 21.7. The van der Waals surface area contributed by atoms with Gasteiger partial charge in [-0.15, -0.1) is 0 Å². The van der Waals surface area contributed by atoms with Gasteiger partial charge >= 0.3 is 0 Å². The van der Waals surface area contributed by atoms with Gasteiger partial charge in [-0.2, -0.15) is 0 Å². The lowest BCUT2D eigenvalue weighted by atomic mass is 9.73. The number of amides is 1. The molecule has 36 heavy (non-hydrogen) atoms. The molecule has 0 bridgehead atoms. The Kier molecular flexibility index (Phi) is 8.74. The van der Waals surface area contributed by atoms with Gasteiger partial charge in [0, 0.05) is 29.0 Å². The van der Waals surface area contributed by atoms with Crippen LogP contribution in [-0.4, -0.2) is 57.8 Å². The summed E-state index contributed by atoms with van der Waals surface area (Å²) in [5.74, 6) is 0.252. The average Bonchev–Trinajstić information content (AvgIpc) is 2.92. The fraction of sp³-hybridized carbons (Fsp3) is 0.444. The van der Waals surface area contributed by atoms with E-state index in [1.54, 1.807) is 7.11 Å². The molecule has 1 amide bonds. The summed E-state index contributed by atoms with van der Waals surface area (Å²) in [6.45, 7) is 2.43. The fourth-order valence-corrected chi connectivity index (χ4v) is 5.41. The lowest BCUT2D eigenvalue weighted by Crippen LogP contribution is -2.48. The molecular formula is C27H33ClN4O4. The van der Waals surface area contributed by atoms with Gasteiger partial charge < -0.3 is 14.7 Å². The number of hydrogen-bond acceptors (Lipinski definition) is 7. The maximum Gasteiger partial charge on any atom is 0.249 e. The number of piperidine rings is 1. The first-order valence-electron chi connectivity index (χ1n) is 12.3. The molecule has 9 heteroatoms. The van der Waals surface area contributed by atoms with Gasteiger partial charge in [0.05, 0.1) is 29.2 Å². The van der Waals surface area contributed by atoms with Crippen LogP contribution < -0.4 is 10.2 Å². The summed E-state index contributed by atoms with van der Waals surface area (Å²) in [6.07, 6.45) is 6.32. The minimum Gasteiger partial charge on any atom is -0.497 e. The van der Waals surface area contributed by atoms with E-state index in [0.717, 1.165) is 43.6 Å². The number of halogens is 1. The number of aryl methyl sites for hydroxylation is 1. The highest BCUT2D eigenvalue weighted by Gasteiger charge is 2.41. The Morgan fingerprint density at radius 2 is 2.06 bits per heavy atom. The first-order valence-corrected chi connectivity index (χ1v) is 12.7. The predicted octanol–water partition coefficient (Wildman–Crippen LogP) is 4.33. The van der Waals surface area contributed by atoms with E-state index >= 15 is 0 Å². The topological polar surface area (TPSA) is 108 Å². The SMILES string of the molecule is COc1ccc2ncc(Cl)c(C(O)CCC3(C(=O)NO)CCN(CCCc4ccccn4)CC3)c2c1. The van der Waals surface area contributed by atoms with Gasteiger partial charge in [-0.3, -0.25) is 20.0 Å². The van der Waals surface area contributed by atoms with Crippen LogP contribution in [0.4, 0.5) is 0 Å². The van der Waals surface area contributed by atoms with E-state index in [9.17, 15) is 15.1 Å². The van der Waals surface area contributed by atoms with E-state index in [4.69, 9.17) is 16.3 Å². The molecule has 3 N–H and O–H groups in total. The maximum atomic E-state index is 12.8. The number of ether oxygens (including phenoxy) is 1. The number of pyridine rings is 2. The number of nitrogens with one attached hydrogen (secondary N) is 1. The zero-order chi connectivity index (χ0) is 25.5. The molecule has 1 atom stereocenters. The molecule has 1 unspecified atom stereocenters. The molecule has 192 valence electrons. The van der Waals surface area contributed by atoms with Crippen LogP contribution in [0, 0.1) is 5.41 Å². The molecule has 3 aromatic rings. The van der Waals surface area contributed by atoms with Crippen LogP contribution in [0.3, 0.4) is 0 Å². The lowest BCUT2D eigenvalue weighted by Gasteiger charge is -2.40. The maximum absolute atomic E-state index is 12.8. The summed E-state index contributed by atoms with van der Waals surface area (Å²) < 4.78 is 5.34. The summed E-state index contributed by atoms with van der Waals surface area (Å²) in [6, 6.07) is 11.4. The first kappa shape index (κ1) is 26.3. The van der Waals surface area contributed by atoms with Crippen molar-refractivity contribution in [2.75, 3.05) is 26.7 Å². The summed E-state index contributed by atoms with van der Waals surface area (Å²) in [5.41, 5.74) is 3.49. The summed E-state index contributed by atoms with van der Waals surface area (Å²) in [7, 11) is 1.58. The Hall–Kier alpha value is -2.78. The van der Waals surface area contributed by atoms with E-state index in [0.29, 0.717) is 47.5 Å². The highest BCUT2D eigenvalue weighted by Crippen LogP contribution is 2.41. The molecule has 1 aliphatic heterocycles.